The predicted octanol–water partition coefficient (Wildman–Crippen LogP) is 3.60. The van der Waals surface area contributed by atoms with Gasteiger partial charge < -0.3 is 5.32 Å². The largest absolute Gasteiger partial charge is 0.377 e. The number of aromatic nitrogens is 1. The summed E-state index contributed by atoms with van der Waals surface area (Å²) in [7, 11) is 0. The van der Waals surface area contributed by atoms with Gasteiger partial charge in [0.05, 0.1) is 22.9 Å². The minimum Gasteiger partial charge on any atom is -0.377 e. The van der Waals surface area contributed by atoms with Crippen LogP contribution in [0.15, 0.2) is 23.6 Å². The number of rotatable bonds is 4. The van der Waals surface area contributed by atoms with E-state index in [1.54, 1.807) is 11.3 Å². The van der Waals surface area contributed by atoms with E-state index >= 15 is 0 Å². The molecule has 90 valence electrons. The number of nitrogens with one attached hydrogen (secondary N) is 1. The van der Waals surface area contributed by atoms with E-state index in [0.717, 1.165) is 23.2 Å². The fraction of sp³-hybridized carbons (Fsp3) is 0.250. The van der Waals surface area contributed by atoms with Crippen LogP contribution in [0.25, 0.3) is 0 Å². The molecule has 5 heteroatoms. The van der Waals surface area contributed by atoms with Crippen LogP contribution in [0.3, 0.4) is 0 Å². The number of hydrogen-bond donors (Lipinski definition) is 1. The predicted molar refractivity (Wildman–Crippen MR) is 65.2 cm³/mol. The van der Waals surface area contributed by atoms with Gasteiger partial charge in [-0.05, 0) is 18.6 Å². The molecule has 0 aliphatic carbocycles. The maximum Gasteiger partial charge on any atom is 0.149 e. The zero-order valence-corrected chi connectivity index (χ0v) is 10.2. The van der Waals surface area contributed by atoms with Crippen molar-refractivity contribution in [2.24, 2.45) is 0 Å². The zero-order chi connectivity index (χ0) is 12.3. The van der Waals surface area contributed by atoms with E-state index in [1.807, 2.05) is 12.3 Å². The van der Waals surface area contributed by atoms with Gasteiger partial charge in [-0.2, -0.15) is 0 Å². The molecule has 1 N–H and O–H groups in total. The fourth-order valence-corrected chi connectivity index (χ4v) is 2.16. The summed E-state index contributed by atoms with van der Waals surface area (Å²) < 4.78 is 26.0. The van der Waals surface area contributed by atoms with Gasteiger partial charge in [-0.3, -0.25) is 0 Å². The Hall–Kier alpha value is -1.49. The van der Waals surface area contributed by atoms with E-state index < -0.39 is 11.6 Å². The molecule has 1 heterocycles. The van der Waals surface area contributed by atoms with Crippen molar-refractivity contribution in [3.8, 4) is 0 Å². The van der Waals surface area contributed by atoms with Crippen molar-refractivity contribution in [3.05, 3.63) is 45.9 Å². The minimum absolute atomic E-state index is 0.289. The molecule has 0 atom stereocenters. The first-order valence-electron chi connectivity index (χ1n) is 5.31. The van der Waals surface area contributed by atoms with E-state index in [0.29, 0.717) is 6.54 Å². The van der Waals surface area contributed by atoms with Gasteiger partial charge in [0.15, 0.2) is 0 Å². The lowest BCUT2D eigenvalue weighted by molar-refractivity contribution is 0.585. The molecule has 0 fully saturated rings. The SMILES string of the molecule is CCc1nc(CNc2ccc(F)cc2F)cs1. The number of halogens is 2. The molecule has 0 unspecified atom stereocenters. The number of hydrogen-bond acceptors (Lipinski definition) is 3. The normalized spacial score (nSPS) is 10.5. The Kier molecular flexibility index (Phi) is 3.68. The third kappa shape index (κ3) is 3.00. The second-order valence-electron chi connectivity index (χ2n) is 3.56. The number of thiazole rings is 1. The summed E-state index contributed by atoms with van der Waals surface area (Å²) in [6.07, 6.45) is 0.898. The van der Waals surface area contributed by atoms with Gasteiger partial charge >= 0.3 is 0 Å². The van der Waals surface area contributed by atoms with Gasteiger partial charge in [0.2, 0.25) is 0 Å². The summed E-state index contributed by atoms with van der Waals surface area (Å²) in [5, 5.41) is 5.89. The third-order valence-electron chi connectivity index (χ3n) is 2.29. The van der Waals surface area contributed by atoms with E-state index in [4.69, 9.17) is 0 Å². The topological polar surface area (TPSA) is 24.9 Å². The van der Waals surface area contributed by atoms with Gasteiger partial charge in [0.1, 0.15) is 11.6 Å². The highest BCUT2D eigenvalue weighted by Crippen LogP contribution is 2.17. The van der Waals surface area contributed by atoms with Crippen molar-refractivity contribution in [2.75, 3.05) is 5.32 Å². The summed E-state index contributed by atoms with van der Waals surface area (Å²) in [6, 6.07) is 3.47. The third-order valence-corrected chi connectivity index (χ3v) is 3.33. The molecule has 0 amide bonds. The maximum absolute atomic E-state index is 13.3. The lowest BCUT2D eigenvalue weighted by Gasteiger charge is -2.05. The molecule has 0 saturated carbocycles. The number of anilines is 1. The van der Waals surface area contributed by atoms with Crippen LogP contribution in [-0.4, -0.2) is 4.98 Å². The molecule has 2 aromatic rings. The molecule has 0 aliphatic heterocycles. The Balaban J connectivity index is 2.02. The lowest BCUT2D eigenvalue weighted by Crippen LogP contribution is -2.02. The van der Waals surface area contributed by atoms with Crippen LogP contribution < -0.4 is 5.32 Å². The lowest BCUT2D eigenvalue weighted by atomic mass is 10.3. The van der Waals surface area contributed by atoms with E-state index in [9.17, 15) is 8.78 Å². The van der Waals surface area contributed by atoms with Crippen LogP contribution in [0, 0.1) is 11.6 Å². The Bertz CT molecular complexity index is 511. The van der Waals surface area contributed by atoms with Crippen LogP contribution in [-0.2, 0) is 13.0 Å². The number of benzene rings is 1. The molecular weight excluding hydrogens is 242 g/mol. The molecule has 1 aromatic carbocycles. The second-order valence-corrected chi connectivity index (χ2v) is 4.51. The first kappa shape index (κ1) is 12.0. The molecule has 1 aromatic heterocycles. The highest BCUT2D eigenvalue weighted by Gasteiger charge is 2.04. The standard InChI is InChI=1S/C12H12F2N2S/c1-2-12-16-9(7-17-12)6-15-11-4-3-8(13)5-10(11)14/h3-5,7,15H,2,6H2,1H3. The molecule has 2 nitrogen and oxygen atoms in total. The maximum atomic E-state index is 13.3. The van der Waals surface area contributed by atoms with Crippen LogP contribution in [0.4, 0.5) is 14.5 Å². The fourth-order valence-electron chi connectivity index (χ4n) is 1.41. The molecule has 17 heavy (non-hydrogen) atoms. The summed E-state index contributed by atoms with van der Waals surface area (Å²) in [6.45, 7) is 2.48. The number of aryl methyl sites for hydroxylation is 1. The Morgan fingerprint density at radius 1 is 1.35 bits per heavy atom. The Morgan fingerprint density at radius 3 is 2.82 bits per heavy atom. The Morgan fingerprint density at radius 2 is 2.18 bits per heavy atom. The van der Waals surface area contributed by atoms with Crippen molar-refractivity contribution >= 4 is 17.0 Å². The van der Waals surface area contributed by atoms with E-state index in [1.165, 1.54) is 12.1 Å². The molecule has 0 saturated heterocycles. The van der Waals surface area contributed by atoms with Crippen LogP contribution in [0.2, 0.25) is 0 Å². The van der Waals surface area contributed by atoms with Crippen molar-refractivity contribution in [1.29, 1.82) is 0 Å². The first-order valence-corrected chi connectivity index (χ1v) is 6.19. The van der Waals surface area contributed by atoms with Crippen LogP contribution in [0.1, 0.15) is 17.6 Å². The second kappa shape index (κ2) is 5.23. The molecule has 0 aliphatic rings. The zero-order valence-electron chi connectivity index (χ0n) is 9.34. The highest BCUT2D eigenvalue weighted by atomic mass is 32.1. The van der Waals surface area contributed by atoms with Crippen molar-refractivity contribution in [1.82, 2.24) is 4.98 Å². The average Bonchev–Trinajstić information content (AvgIpc) is 2.76. The Labute approximate surface area is 102 Å². The van der Waals surface area contributed by atoms with Gasteiger partial charge in [-0.25, -0.2) is 13.8 Å². The van der Waals surface area contributed by atoms with E-state index in [-0.39, 0.29) is 5.69 Å². The summed E-state index contributed by atoms with van der Waals surface area (Å²) >= 11 is 1.59. The van der Waals surface area contributed by atoms with E-state index in [2.05, 4.69) is 10.3 Å². The molecule has 0 spiro atoms. The first-order chi connectivity index (χ1) is 8.19. The summed E-state index contributed by atoms with van der Waals surface area (Å²) in [4.78, 5) is 4.35. The highest BCUT2D eigenvalue weighted by molar-refractivity contribution is 7.09. The number of nitrogens with zero attached hydrogens (tertiary/aromatic N) is 1. The van der Waals surface area contributed by atoms with Crippen molar-refractivity contribution < 1.29 is 8.78 Å². The van der Waals surface area contributed by atoms with Gasteiger partial charge in [0.25, 0.3) is 0 Å². The quantitative estimate of drug-likeness (QED) is 0.901. The average molecular weight is 254 g/mol. The molecule has 0 radical (unpaired) electrons. The monoisotopic (exact) mass is 254 g/mol. The van der Waals surface area contributed by atoms with Gasteiger partial charge in [0, 0.05) is 11.4 Å². The minimum atomic E-state index is -0.587. The van der Waals surface area contributed by atoms with Crippen LogP contribution in [0.5, 0.6) is 0 Å². The molecule has 0 bridgehead atoms. The van der Waals surface area contributed by atoms with Crippen molar-refractivity contribution in [3.63, 3.8) is 0 Å². The van der Waals surface area contributed by atoms with Gasteiger partial charge in [-0.15, -0.1) is 11.3 Å². The van der Waals surface area contributed by atoms with Gasteiger partial charge in [-0.1, -0.05) is 6.92 Å². The molecular formula is C12H12F2N2S. The summed E-state index contributed by atoms with van der Waals surface area (Å²) in [5.74, 6) is -1.16. The molecule has 2 rings (SSSR count). The smallest absolute Gasteiger partial charge is 0.149 e. The summed E-state index contributed by atoms with van der Waals surface area (Å²) in [5.41, 5.74) is 1.16. The van der Waals surface area contributed by atoms with Crippen molar-refractivity contribution in [2.45, 2.75) is 19.9 Å². The van der Waals surface area contributed by atoms with Crippen LogP contribution >= 0.6 is 11.3 Å².